The Kier molecular flexibility index (Phi) is 6.87. The maximum Gasteiger partial charge on any atom is 0.573 e. The molecule has 1 amide bonds. The molecule has 1 saturated heterocycles. The Hall–Kier alpha value is -2.63. The number of alkyl halides is 3. The van der Waals surface area contributed by atoms with Crippen LogP contribution in [0.2, 0.25) is 0 Å². The van der Waals surface area contributed by atoms with Gasteiger partial charge in [-0.15, -0.1) is 13.2 Å². The van der Waals surface area contributed by atoms with Crippen molar-refractivity contribution in [3.8, 4) is 5.75 Å². The zero-order valence-corrected chi connectivity index (χ0v) is 17.5. The summed E-state index contributed by atoms with van der Waals surface area (Å²) in [6.07, 6.45) is -4.72. The molecule has 2 aromatic rings. The molecule has 3 rings (SSSR count). The minimum absolute atomic E-state index is 0.0861. The predicted molar refractivity (Wildman–Crippen MR) is 107 cm³/mol. The Morgan fingerprint density at radius 1 is 1.00 bits per heavy atom. The number of rotatable bonds is 6. The summed E-state index contributed by atoms with van der Waals surface area (Å²) in [5.74, 6) is -0.443. The summed E-state index contributed by atoms with van der Waals surface area (Å²) in [7, 11) is -2.24. The summed E-state index contributed by atoms with van der Waals surface area (Å²) in [6.45, 7) is 2.75. The quantitative estimate of drug-likeness (QED) is 0.721. The average Bonchev–Trinajstić information content (AvgIpc) is 2.74. The molecule has 0 radical (unpaired) electrons. The number of benzene rings is 2. The fourth-order valence-corrected chi connectivity index (χ4v) is 3.97. The lowest BCUT2D eigenvalue weighted by Gasteiger charge is -2.34. The minimum atomic E-state index is -4.72. The van der Waals surface area contributed by atoms with Gasteiger partial charge in [-0.1, -0.05) is 12.1 Å². The molecule has 0 unspecified atom stereocenters. The molecule has 0 bridgehead atoms. The Bertz CT molecular complexity index is 1000. The van der Waals surface area contributed by atoms with E-state index in [1.54, 1.807) is 17.0 Å². The fraction of sp³-hybridized carbons (Fsp3) is 0.350. The highest BCUT2D eigenvalue weighted by Crippen LogP contribution is 2.23. The SMILES string of the molecule is CNS(=O)(=O)c1ccc(C(=O)N2CCN(Cc3ccc(OC(F)(F)F)cc3)CC2)cc1. The Morgan fingerprint density at radius 3 is 2.10 bits per heavy atom. The third kappa shape index (κ3) is 6.18. The van der Waals surface area contributed by atoms with E-state index in [2.05, 4.69) is 14.4 Å². The Morgan fingerprint density at radius 2 is 1.58 bits per heavy atom. The highest BCUT2D eigenvalue weighted by Gasteiger charge is 2.31. The molecule has 7 nitrogen and oxygen atoms in total. The molecule has 168 valence electrons. The van der Waals surface area contributed by atoms with E-state index >= 15 is 0 Å². The summed E-state index contributed by atoms with van der Waals surface area (Å²) in [4.78, 5) is 16.6. The lowest BCUT2D eigenvalue weighted by atomic mass is 10.1. The van der Waals surface area contributed by atoms with Gasteiger partial charge in [0.05, 0.1) is 4.90 Å². The van der Waals surface area contributed by atoms with Crippen molar-refractivity contribution in [3.63, 3.8) is 0 Å². The van der Waals surface area contributed by atoms with Crippen LogP contribution in [0, 0.1) is 0 Å². The smallest absolute Gasteiger partial charge is 0.406 e. The second-order valence-corrected chi connectivity index (χ2v) is 8.88. The number of piperazine rings is 1. The number of amides is 1. The fourth-order valence-electron chi connectivity index (χ4n) is 3.24. The van der Waals surface area contributed by atoms with E-state index in [9.17, 15) is 26.4 Å². The number of halogens is 3. The van der Waals surface area contributed by atoms with Crippen molar-refractivity contribution >= 4 is 15.9 Å². The van der Waals surface area contributed by atoms with Crippen LogP contribution >= 0.6 is 0 Å². The number of carbonyl (C=O) groups is 1. The Balaban J connectivity index is 1.53. The summed E-state index contributed by atoms with van der Waals surface area (Å²) in [6, 6.07) is 11.5. The highest BCUT2D eigenvalue weighted by atomic mass is 32.2. The van der Waals surface area contributed by atoms with Gasteiger partial charge in [-0.25, -0.2) is 13.1 Å². The van der Waals surface area contributed by atoms with Crippen LogP contribution in [0.15, 0.2) is 53.4 Å². The molecule has 1 N–H and O–H groups in total. The van der Waals surface area contributed by atoms with Gasteiger partial charge in [0.25, 0.3) is 5.91 Å². The van der Waals surface area contributed by atoms with Gasteiger partial charge >= 0.3 is 6.36 Å². The zero-order valence-electron chi connectivity index (χ0n) is 16.7. The van der Waals surface area contributed by atoms with E-state index in [-0.39, 0.29) is 16.6 Å². The highest BCUT2D eigenvalue weighted by molar-refractivity contribution is 7.89. The molecule has 0 atom stereocenters. The first-order chi connectivity index (χ1) is 14.6. The molecule has 1 aliphatic heterocycles. The van der Waals surface area contributed by atoms with E-state index < -0.39 is 16.4 Å². The molecule has 11 heteroatoms. The second kappa shape index (κ2) is 9.25. The van der Waals surface area contributed by atoms with Crippen LogP contribution in [-0.4, -0.2) is 63.7 Å². The van der Waals surface area contributed by atoms with Crippen LogP contribution in [0.3, 0.4) is 0 Å². The Labute approximate surface area is 178 Å². The third-order valence-electron chi connectivity index (χ3n) is 4.90. The lowest BCUT2D eigenvalue weighted by Crippen LogP contribution is -2.48. The van der Waals surface area contributed by atoms with Crippen molar-refractivity contribution in [2.75, 3.05) is 33.2 Å². The molecule has 0 aliphatic carbocycles. The first kappa shape index (κ1) is 23.0. The van der Waals surface area contributed by atoms with Crippen LogP contribution in [-0.2, 0) is 16.6 Å². The molecular weight excluding hydrogens is 435 g/mol. The van der Waals surface area contributed by atoms with Crippen molar-refractivity contribution in [3.05, 3.63) is 59.7 Å². The van der Waals surface area contributed by atoms with Crippen molar-refractivity contribution in [2.45, 2.75) is 17.8 Å². The first-order valence-electron chi connectivity index (χ1n) is 9.47. The van der Waals surface area contributed by atoms with E-state index in [0.717, 1.165) is 5.56 Å². The minimum Gasteiger partial charge on any atom is -0.406 e. The van der Waals surface area contributed by atoms with Crippen molar-refractivity contribution in [1.29, 1.82) is 0 Å². The van der Waals surface area contributed by atoms with Crippen LogP contribution in [0.5, 0.6) is 5.75 Å². The average molecular weight is 457 g/mol. The van der Waals surface area contributed by atoms with Gasteiger partial charge in [-0.2, -0.15) is 0 Å². The maximum atomic E-state index is 12.7. The van der Waals surface area contributed by atoms with Gasteiger partial charge in [0.1, 0.15) is 5.75 Å². The number of sulfonamides is 1. The molecule has 0 saturated carbocycles. The molecule has 1 heterocycles. The van der Waals surface area contributed by atoms with Gasteiger partial charge in [0, 0.05) is 38.3 Å². The van der Waals surface area contributed by atoms with E-state index in [0.29, 0.717) is 38.3 Å². The van der Waals surface area contributed by atoms with Crippen molar-refractivity contribution in [1.82, 2.24) is 14.5 Å². The summed E-state index contributed by atoms with van der Waals surface area (Å²) < 4.78 is 66.4. The monoisotopic (exact) mass is 457 g/mol. The molecule has 0 spiro atoms. The number of nitrogens with one attached hydrogen (secondary N) is 1. The normalized spacial score (nSPS) is 15.7. The van der Waals surface area contributed by atoms with Crippen LogP contribution in [0.1, 0.15) is 15.9 Å². The van der Waals surface area contributed by atoms with Crippen LogP contribution < -0.4 is 9.46 Å². The number of hydrogen-bond acceptors (Lipinski definition) is 5. The number of carbonyl (C=O) groups excluding carboxylic acids is 1. The standard InChI is InChI=1S/C20H22F3N3O4S/c1-24-31(28,29)18-8-4-16(5-9-18)19(27)26-12-10-25(11-13-26)14-15-2-6-17(7-3-15)30-20(21,22)23/h2-9,24H,10-14H2,1H3. The summed E-state index contributed by atoms with van der Waals surface area (Å²) >= 11 is 0. The lowest BCUT2D eigenvalue weighted by molar-refractivity contribution is -0.274. The van der Waals surface area contributed by atoms with Gasteiger partial charge in [0.2, 0.25) is 10.0 Å². The van der Waals surface area contributed by atoms with Gasteiger partial charge in [0.15, 0.2) is 0 Å². The topological polar surface area (TPSA) is 79.0 Å². The van der Waals surface area contributed by atoms with Crippen LogP contribution in [0.4, 0.5) is 13.2 Å². The summed E-state index contributed by atoms with van der Waals surface area (Å²) in [5, 5.41) is 0. The van der Waals surface area contributed by atoms with Gasteiger partial charge in [-0.3, -0.25) is 9.69 Å². The van der Waals surface area contributed by atoms with Crippen LogP contribution in [0.25, 0.3) is 0 Å². The predicted octanol–water partition coefficient (Wildman–Crippen LogP) is 2.45. The number of hydrogen-bond donors (Lipinski definition) is 1. The van der Waals surface area contributed by atoms with Gasteiger partial charge < -0.3 is 9.64 Å². The molecular formula is C20H22F3N3O4S. The first-order valence-corrected chi connectivity index (χ1v) is 11.0. The van der Waals surface area contributed by atoms with E-state index in [4.69, 9.17) is 0 Å². The summed E-state index contributed by atoms with van der Waals surface area (Å²) in [5.41, 5.74) is 1.25. The third-order valence-corrected chi connectivity index (χ3v) is 6.33. The zero-order chi connectivity index (χ0) is 22.6. The maximum absolute atomic E-state index is 12.7. The molecule has 1 aliphatic rings. The second-order valence-electron chi connectivity index (χ2n) is 6.99. The molecule has 31 heavy (non-hydrogen) atoms. The van der Waals surface area contributed by atoms with Crippen molar-refractivity contribution < 1.29 is 31.1 Å². The van der Waals surface area contributed by atoms with Gasteiger partial charge in [-0.05, 0) is 49.0 Å². The van der Waals surface area contributed by atoms with E-state index in [1.165, 1.54) is 43.4 Å². The van der Waals surface area contributed by atoms with E-state index in [1.807, 2.05) is 0 Å². The van der Waals surface area contributed by atoms with Crippen molar-refractivity contribution in [2.24, 2.45) is 0 Å². The molecule has 1 fully saturated rings. The molecule has 0 aromatic heterocycles. The number of ether oxygens (including phenoxy) is 1. The molecule has 2 aromatic carbocycles. The number of nitrogens with zero attached hydrogens (tertiary/aromatic N) is 2. The largest absolute Gasteiger partial charge is 0.573 e.